The van der Waals surface area contributed by atoms with Gasteiger partial charge < -0.3 is 9.84 Å². The van der Waals surface area contributed by atoms with E-state index in [0.717, 1.165) is 11.1 Å². The number of carbonyl (C=O) groups excluding carboxylic acids is 1. The van der Waals surface area contributed by atoms with E-state index in [1.807, 2.05) is 55.5 Å². The second-order valence-corrected chi connectivity index (χ2v) is 5.41. The summed E-state index contributed by atoms with van der Waals surface area (Å²) in [4.78, 5) is 16.4. The molecule has 1 aromatic heterocycles. The van der Waals surface area contributed by atoms with Crippen molar-refractivity contribution in [3.05, 3.63) is 71.0 Å². The van der Waals surface area contributed by atoms with Gasteiger partial charge in [-0.1, -0.05) is 53.2 Å². The first kappa shape index (κ1) is 15.2. The minimum absolute atomic E-state index is 0.0113. The van der Waals surface area contributed by atoms with Crippen molar-refractivity contribution in [3.63, 3.8) is 0 Å². The zero-order valence-electron chi connectivity index (χ0n) is 12.4. The molecule has 0 aliphatic heterocycles. The van der Waals surface area contributed by atoms with Crippen molar-refractivity contribution in [1.82, 2.24) is 15.5 Å². The largest absolute Gasteiger partial charge is 0.343 e. The third kappa shape index (κ3) is 3.40. The third-order valence-electron chi connectivity index (χ3n) is 3.37. The molecule has 0 fully saturated rings. The van der Waals surface area contributed by atoms with E-state index >= 15 is 0 Å². The predicted octanol–water partition coefficient (Wildman–Crippen LogP) is 3.88. The van der Waals surface area contributed by atoms with Gasteiger partial charge in [0.1, 0.15) is 0 Å². The summed E-state index contributed by atoms with van der Waals surface area (Å²) in [7, 11) is 0. The Morgan fingerprint density at radius 3 is 2.57 bits per heavy atom. The molecule has 1 heterocycles. The summed E-state index contributed by atoms with van der Waals surface area (Å²) in [5, 5.41) is 7.14. The van der Waals surface area contributed by atoms with Gasteiger partial charge in [-0.05, 0) is 30.7 Å². The van der Waals surface area contributed by atoms with Gasteiger partial charge in [-0.25, -0.2) is 0 Å². The van der Waals surface area contributed by atoms with Crippen LogP contribution in [0.4, 0.5) is 0 Å². The number of benzene rings is 2. The van der Waals surface area contributed by atoms with E-state index in [1.165, 1.54) is 0 Å². The lowest BCUT2D eigenvalue weighted by molar-refractivity contribution is 0.0926. The highest BCUT2D eigenvalue weighted by atomic mass is 35.5. The average Bonchev–Trinajstić information content (AvgIpc) is 3.06. The molecule has 0 aliphatic rings. The van der Waals surface area contributed by atoms with Crippen LogP contribution in [0.1, 0.15) is 29.1 Å². The van der Waals surface area contributed by atoms with Crippen LogP contribution in [0.25, 0.3) is 11.5 Å². The first-order valence-corrected chi connectivity index (χ1v) is 7.47. The van der Waals surface area contributed by atoms with Gasteiger partial charge in [0.2, 0.25) is 0 Å². The molecule has 1 atom stereocenters. The molecule has 3 aromatic rings. The van der Waals surface area contributed by atoms with E-state index in [1.54, 1.807) is 6.07 Å². The van der Waals surface area contributed by atoms with Gasteiger partial charge in [0, 0.05) is 10.6 Å². The topological polar surface area (TPSA) is 68.0 Å². The molecule has 0 radical (unpaired) electrons. The second-order valence-electron chi connectivity index (χ2n) is 5.01. The molecule has 2 aromatic carbocycles. The van der Waals surface area contributed by atoms with E-state index in [4.69, 9.17) is 16.1 Å². The summed E-state index contributed by atoms with van der Waals surface area (Å²) in [6.07, 6.45) is 0. The summed E-state index contributed by atoms with van der Waals surface area (Å²) in [6, 6.07) is 16.4. The van der Waals surface area contributed by atoms with Crippen LogP contribution in [0.5, 0.6) is 0 Å². The Morgan fingerprint density at radius 1 is 1.13 bits per heavy atom. The van der Waals surface area contributed by atoms with E-state index in [2.05, 4.69) is 15.5 Å². The van der Waals surface area contributed by atoms with Crippen LogP contribution in [0.2, 0.25) is 5.02 Å². The number of halogens is 1. The number of nitrogens with zero attached hydrogens (tertiary/aromatic N) is 2. The second kappa shape index (κ2) is 6.62. The van der Waals surface area contributed by atoms with E-state index in [0.29, 0.717) is 10.9 Å². The third-order valence-corrected chi connectivity index (χ3v) is 3.71. The van der Waals surface area contributed by atoms with Gasteiger partial charge in [0.25, 0.3) is 17.6 Å². The summed E-state index contributed by atoms with van der Waals surface area (Å²) in [5.41, 5.74) is 1.59. The van der Waals surface area contributed by atoms with E-state index in [-0.39, 0.29) is 11.9 Å². The molecular weight excluding hydrogens is 314 g/mol. The Kier molecular flexibility index (Phi) is 4.39. The van der Waals surface area contributed by atoms with Crippen molar-refractivity contribution in [2.24, 2.45) is 0 Å². The minimum Gasteiger partial charge on any atom is -0.343 e. The lowest BCUT2D eigenvalue weighted by Gasteiger charge is -2.14. The summed E-state index contributed by atoms with van der Waals surface area (Å²) in [6.45, 7) is 1.84. The Labute approximate surface area is 138 Å². The lowest BCUT2D eigenvalue weighted by Crippen LogP contribution is -2.27. The van der Waals surface area contributed by atoms with Gasteiger partial charge in [-0.15, -0.1) is 0 Å². The highest BCUT2D eigenvalue weighted by Gasteiger charge is 2.19. The summed E-state index contributed by atoms with van der Waals surface area (Å²) >= 11 is 6.13. The number of hydrogen-bond acceptors (Lipinski definition) is 4. The van der Waals surface area contributed by atoms with Crippen molar-refractivity contribution in [2.75, 3.05) is 0 Å². The van der Waals surface area contributed by atoms with Gasteiger partial charge in [-0.3, -0.25) is 4.79 Å². The van der Waals surface area contributed by atoms with Crippen LogP contribution in [-0.2, 0) is 0 Å². The number of hydrogen-bond donors (Lipinski definition) is 1. The van der Waals surface area contributed by atoms with Crippen LogP contribution >= 0.6 is 11.6 Å². The number of amides is 1. The Balaban J connectivity index is 1.74. The maximum absolute atomic E-state index is 12.2. The highest BCUT2D eigenvalue weighted by molar-refractivity contribution is 6.31. The Morgan fingerprint density at radius 2 is 1.83 bits per heavy atom. The molecule has 5 nitrogen and oxygen atoms in total. The highest BCUT2D eigenvalue weighted by Crippen LogP contribution is 2.22. The molecule has 0 spiro atoms. The van der Waals surface area contributed by atoms with E-state index in [9.17, 15) is 4.79 Å². The average molecular weight is 328 g/mol. The smallest absolute Gasteiger partial charge is 0.293 e. The van der Waals surface area contributed by atoms with Crippen molar-refractivity contribution >= 4 is 17.5 Å². The van der Waals surface area contributed by atoms with Gasteiger partial charge in [0.15, 0.2) is 0 Å². The van der Waals surface area contributed by atoms with E-state index < -0.39 is 5.91 Å². The molecule has 1 unspecified atom stereocenters. The molecule has 23 heavy (non-hydrogen) atoms. The first-order chi connectivity index (χ1) is 11.1. The fourth-order valence-corrected chi connectivity index (χ4v) is 2.48. The number of rotatable bonds is 4. The van der Waals surface area contributed by atoms with Crippen LogP contribution in [0.15, 0.2) is 59.1 Å². The van der Waals surface area contributed by atoms with Gasteiger partial charge >= 0.3 is 0 Å². The monoisotopic (exact) mass is 327 g/mol. The van der Waals surface area contributed by atoms with Crippen LogP contribution in [0, 0.1) is 0 Å². The lowest BCUT2D eigenvalue weighted by atomic mass is 10.1. The molecule has 1 amide bonds. The molecule has 0 saturated carbocycles. The molecule has 0 bridgehead atoms. The molecule has 0 aliphatic carbocycles. The minimum atomic E-state index is -0.414. The molecule has 116 valence electrons. The molecule has 1 N–H and O–H groups in total. The van der Waals surface area contributed by atoms with Gasteiger partial charge in [0.05, 0.1) is 6.04 Å². The number of nitrogens with one attached hydrogen (secondary N) is 1. The van der Waals surface area contributed by atoms with Crippen molar-refractivity contribution in [3.8, 4) is 11.5 Å². The maximum atomic E-state index is 12.2. The van der Waals surface area contributed by atoms with Crippen molar-refractivity contribution in [2.45, 2.75) is 13.0 Å². The van der Waals surface area contributed by atoms with Gasteiger partial charge in [-0.2, -0.15) is 4.98 Å². The van der Waals surface area contributed by atoms with Crippen LogP contribution in [0.3, 0.4) is 0 Å². The standard InChI is InChI=1S/C17H14ClN3O2/c1-11(13-9-5-6-10-14(13)18)19-16(22)15-20-17(23-21-15)12-7-3-2-4-8-12/h2-11H,1H3,(H,19,22). The van der Waals surface area contributed by atoms with Crippen molar-refractivity contribution < 1.29 is 9.32 Å². The molecule has 6 heteroatoms. The SMILES string of the molecule is CC(NC(=O)c1noc(-c2ccccc2)n1)c1ccccc1Cl. The van der Waals surface area contributed by atoms with Crippen molar-refractivity contribution in [1.29, 1.82) is 0 Å². The number of aromatic nitrogens is 2. The number of carbonyl (C=O) groups is 1. The summed E-state index contributed by atoms with van der Waals surface area (Å²) in [5.74, 6) is -0.118. The first-order valence-electron chi connectivity index (χ1n) is 7.09. The Bertz CT molecular complexity index is 817. The summed E-state index contributed by atoms with van der Waals surface area (Å²) < 4.78 is 5.13. The quantitative estimate of drug-likeness (QED) is 0.789. The fourth-order valence-electron chi connectivity index (χ4n) is 2.18. The van der Waals surface area contributed by atoms with Crippen LogP contribution in [-0.4, -0.2) is 16.0 Å². The Hall–Kier alpha value is -2.66. The normalized spacial score (nSPS) is 11.9. The zero-order valence-corrected chi connectivity index (χ0v) is 13.1. The van der Waals surface area contributed by atoms with Crippen LogP contribution < -0.4 is 5.32 Å². The fraction of sp³-hybridized carbons (Fsp3) is 0.118. The molecular formula is C17H14ClN3O2. The zero-order chi connectivity index (χ0) is 16.2. The maximum Gasteiger partial charge on any atom is 0.293 e. The molecule has 0 saturated heterocycles. The molecule has 3 rings (SSSR count). The predicted molar refractivity (Wildman–Crippen MR) is 87.1 cm³/mol.